The quantitative estimate of drug-likeness (QED) is 0.378. The Morgan fingerprint density at radius 1 is 1.75 bits per heavy atom. The van der Waals surface area contributed by atoms with E-state index in [0.717, 1.165) is 0 Å². The Kier molecular flexibility index (Phi) is 45.4. The second-order valence-electron chi connectivity index (χ2n) is 0.907. The number of hydrogen-bond acceptors (Lipinski definition) is 2. The summed E-state index contributed by atoms with van der Waals surface area (Å²) >= 11 is 0. The van der Waals surface area contributed by atoms with Crippen molar-refractivity contribution in [3.63, 3.8) is 0 Å². The molecule has 41 valence electrons. The van der Waals surface area contributed by atoms with E-state index >= 15 is 0 Å². The summed E-state index contributed by atoms with van der Waals surface area (Å²) in [5.41, 5.74) is 4.87. The first-order chi connectivity index (χ1) is 2.27. The maximum Gasteiger partial charge on any atom is 1.00 e. The van der Waals surface area contributed by atoms with Crippen LogP contribution in [0.25, 0.3) is 0 Å². The number of hydrogen-bond donors (Lipinski definition) is 1. The van der Waals surface area contributed by atoms with Crippen LogP contribution in [0, 0.1) is 0 Å². The fourth-order valence-electron chi connectivity index (χ4n) is 0. The van der Waals surface area contributed by atoms with Gasteiger partial charge in [0.2, 0.25) is 0 Å². The van der Waals surface area contributed by atoms with E-state index in [-0.39, 0.29) is 89.4 Å². The molecule has 0 fully saturated rings. The van der Waals surface area contributed by atoms with Crippen molar-refractivity contribution in [3.05, 3.63) is 0 Å². The first kappa shape index (κ1) is 22.4. The van der Waals surface area contributed by atoms with Crippen molar-refractivity contribution in [1.29, 1.82) is 0 Å². The fourth-order valence-corrected chi connectivity index (χ4v) is 0. The summed E-state index contributed by atoms with van der Waals surface area (Å²) in [6, 6.07) is -0.421. The van der Waals surface area contributed by atoms with Crippen molar-refractivity contribution in [2.45, 2.75) is 13.0 Å². The Balaban J connectivity index is -0.0000000133. The summed E-state index contributed by atoms with van der Waals surface area (Å²) in [5.74, 6) is 0. The zero-order chi connectivity index (χ0) is 4.28. The molecule has 0 aliphatic heterocycles. The summed E-state index contributed by atoms with van der Waals surface area (Å²) < 4.78 is 0. The van der Waals surface area contributed by atoms with Crippen molar-refractivity contribution in [2.24, 2.45) is 5.73 Å². The molecule has 0 bridgehead atoms. The molecule has 0 saturated heterocycles. The fraction of sp³-hybridized carbons (Fsp3) is 0.667. The van der Waals surface area contributed by atoms with Gasteiger partial charge in [-0.15, -0.1) is 0 Å². The van der Waals surface area contributed by atoms with Crippen molar-refractivity contribution >= 4 is 6.29 Å². The summed E-state index contributed by atoms with van der Waals surface area (Å²) in [7, 11) is 0. The molecule has 0 amide bonds. The molecular formula is C3H7KMnNOZn-. The molecule has 0 aliphatic carbocycles. The average Bonchev–Trinajstić information content (AvgIpc) is 1.38. The van der Waals surface area contributed by atoms with Crippen LogP contribution < -0.4 is 57.1 Å². The zero-order valence-electron chi connectivity index (χ0n) is 6.15. The predicted molar refractivity (Wildman–Crippen MR) is 20.5 cm³/mol. The van der Waals surface area contributed by atoms with E-state index in [1.807, 2.05) is 0 Å². The molecule has 0 saturated carbocycles. The van der Waals surface area contributed by atoms with E-state index in [1.54, 1.807) is 13.2 Å². The number of carbonyl (C=O) groups excluding carboxylic acids is 1. The van der Waals surface area contributed by atoms with Crippen LogP contribution in [0.15, 0.2) is 0 Å². The SMILES string of the molecule is CC(N)[C-]=O.[H-].[K+].[Mn].[Zn]. The van der Waals surface area contributed by atoms with Crippen LogP contribution in [0.3, 0.4) is 0 Å². The Bertz CT molecular complexity index is 50.8. The monoisotopic (exact) mass is 231 g/mol. The molecule has 1 atom stereocenters. The van der Waals surface area contributed by atoms with Gasteiger partial charge in [-0.2, -0.15) is 0 Å². The Labute approximate surface area is 117 Å². The zero-order valence-corrected chi connectivity index (χ0v) is 12.4. The third-order valence-corrected chi connectivity index (χ3v) is 0.186. The van der Waals surface area contributed by atoms with Gasteiger partial charge in [0.25, 0.3) is 0 Å². The minimum absolute atomic E-state index is 0. The van der Waals surface area contributed by atoms with Crippen LogP contribution in [-0.2, 0) is 41.3 Å². The van der Waals surface area contributed by atoms with E-state index in [2.05, 4.69) is 0 Å². The maximum atomic E-state index is 9.25. The Morgan fingerprint density at radius 3 is 1.88 bits per heavy atom. The molecule has 1 radical (unpaired) electrons. The van der Waals surface area contributed by atoms with Gasteiger partial charge < -0.3 is 12.0 Å². The summed E-state index contributed by atoms with van der Waals surface area (Å²) in [4.78, 5) is 9.25. The van der Waals surface area contributed by atoms with Crippen LogP contribution in [0.4, 0.5) is 0 Å². The van der Waals surface area contributed by atoms with Crippen molar-refractivity contribution in [2.75, 3.05) is 0 Å². The second-order valence-corrected chi connectivity index (χ2v) is 0.907. The molecule has 0 aromatic carbocycles. The largest absolute Gasteiger partial charge is 1.00 e. The second kappa shape index (κ2) is 16.2. The topological polar surface area (TPSA) is 43.1 Å². The summed E-state index contributed by atoms with van der Waals surface area (Å²) in [6.45, 7) is 1.58. The normalized spacial score (nSPS) is 8.75. The molecule has 2 nitrogen and oxygen atoms in total. The smallest absolute Gasteiger partial charge is 1.00 e. The van der Waals surface area contributed by atoms with E-state index in [4.69, 9.17) is 5.73 Å². The van der Waals surface area contributed by atoms with Crippen LogP contribution in [0.5, 0.6) is 0 Å². The van der Waals surface area contributed by atoms with Crippen molar-refractivity contribution < 1.29 is 94.2 Å². The molecule has 0 rings (SSSR count). The van der Waals surface area contributed by atoms with E-state index in [1.165, 1.54) is 0 Å². The van der Waals surface area contributed by atoms with Gasteiger partial charge in [0, 0.05) is 36.5 Å². The number of rotatable bonds is 1. The third kappa shape index (κ3) is 23.7. The van der Waals surface area contributed by atoms with Gasteiger partial charge in [-0.05, 0) is 0 Å². The predicted octanol–water partition coefficient (Wildman–Crippen LogP) is -3.45. The average molecular weight is 233 g/mol. The molecule has 2 N–H and O–H groups in total. The van der Waals surface area contributed by atoms with Gasteiger partial charge in [0.05, 0.1) is 0 Å². The number of nitrogens with two attached hydrogens (primary N) is 1. The molecule has 1 unspecified atom stereocenters. The molecule has 5 heteroatoms. The van der Waals surface area contributed by atoms with E-state index in [9.17, 15) is 4.79 Å². The van der Waals surface area contributed by atoms with Crippen LogP contribution in [0.1, 0.15) is 8.35 Å². The van der Waals surface area contributed by atoms with Crippen LogP contribution >= 0.6 is 0 Å². The van der Waals surface area contributed by atoms with Crippen molar-refractivity contribution in [3.8, 4) is 0 Å². The molecule has 0 heterocycles. The first-order valence-electron chi connectivity index (χ1n) is 1.40. The molecule has 0 spiro atoms. The van der Waals surface area contributed by atoms with Crippen molar-refractivity contribution in [1.82, 2.24) is 0 Å². The van der Waals surface area contributed by atoms with Gasteiger partial charge in [0.15, 0.2) is 0 Å². The maximum absolute atomic E-state index is 9.25. The van der Waals surface area contributed by atoms with Gasteiger partial charge in [-0.1, -0.05) is 13.0 Å². The van der Waals surface area contributed by atoms with E-state index in [0.29, 0.717) is 0 Å². The summed E-state index contributed by atoms with van der Waals surface area (Å²) in [6.07, 6.45) is 1.56. The van der Waals surface area contributed by atoms with Gasteiger partial charge in [-0.25, -0.2) is 6.29 Å². The first-order valence-corrected chi connectivity index (χ1v) is 1.40. The molecule has 8 heavy (non-hydrogen) atoms. The van der Waals surface area contributed by atoms with E-state index < -0.39 is 6.04 Å². The van der Waals surface area contributed by atoms with Crippen LogP contribution in [-0.4, -0.2) is 12.3 Å². The van der Waals surface area contributed by atoms with Gasteiger partial charge in [-0.3, -0.25) is 0 Å². The van der Waals surface area contributed by atoms with Crippen LogP contribution in [0.2, 0.25) is 0 Å². The molecule has 0 aromatic heterocycles. The molecular weight excluding hydrogens is 225 g/mol. The van der Waals surface area contributed by atoms with Gasteiger partial charge >= 0.3 is 51.4 Å². The summed E-state index contributed by atoms with van der Waals surface area (Å²) in [5, 5.41) is 0. The standard InChI is InChI=1S/C3H6NO.K.Mn.Zn.H/c1-3(4)2-5;;;;/h3H,4H2,1H3;;;;/q-1;+1;;;-1. The molecule has 0 aromatic rings. The molecule has 0 aliphatic rings. The third-order valence-electron chi connectivity index (χ3n) is 0.186. The van der Waals surface area contributed by atoms with Gasteiger partial charge in [0.1, 0.15) is 0 Å². The Hall–Kier alpha value is 2.41. The minimum atomic E-state index is -0.421. The Morgan fingerprint density at radius 2 is 1.88 bits per heavy atom. The minimum Gasteiger partial charge on any atom is -1.00 e.